The lowest BCUT2D eigenvalue weighted by Crippen LogP contribution is -2.57. The standard InChI is InChI=1S/C26H22N2O2/c29-26(25(20-10-3-1-4-11-20)21-12-5-2-6-13-21)28-17-22(18-28)30-24-16-15-19-9-7-8-14-23(19)27-24/h1-16,22,25H,17-18H2. The van der Waals surface area contributed by atoms with E-state index in [-0.39, 0.29) is 17.9 Å². The number of para-hydroxylation sites is 1. The molecular weight excluding hydrogens is 372 g/mol. The molecule has 1 saturated heterocycles. The molecule has 30 heavy (non-hydrogen) atoms. The van der Waals surface area contributed by atoms with E-state index in [1.54, 1.807) is 0 Å². The number of hydrogen-bond donors (Lipinski definition) is 0. The molecule has 0 spiro atoms. The molecule has 3 aromatic carbocycles. The van der Waals surface area contributed by atoms with Crippen LogP contribution >= 0.6 is 0 Å². The Kier molecular flexibility index (Phi) is 4.89. The summed E-state index contributed by atoms with van der Waals surface area (Å²) in [4.78, 5) is 19.8. The molecule has 0 bridgehead atoms. The Morgan fingerprint density at radius 1 is 0.800 bits per heavy atom. The Hall–Kier alpha value is -3.66. The minimum absolute atomic E-state index is 0.0326. The maximum Gasteiger partial charge on any atom is 0.234 e. The van der Waals surface area contributed by atoms with E-state index < -0.39 is 0 Å². The van der Waals surface area contributed by atoms with Gasteiger partial charge in [0.05, 0.1) is 24.5 Å². The van der Waals surface area contributed by atoms with E-state index >= 15 is 0 Å². The average molecular weight is 394 g/mol. The Morgan fingerprint density at radius 2 is 1.40 bits per heavy atom. The second-order valence-electron chi connectivity index (χ2n) is 7.58. The van der Waals surface area contributed by atoms with Crippen molar-refractivity contribution in [3.8, 4) is 5.88 Å². The minimum Gasteiger partial charge on any atom is -0.471 e. The molecule has 0 atom stereocenters. The first-order valence-electron chi connectivity index (χ1n) is 10.2. The van der Waals surface area contributed by atoms with Crippen LogP contribution in [0.25, 0.3) is 10.9 Å². The monoisotopic (exact) mass is 394 g/mol. The fourth-order valence-corrected chi connectivity index (χ4v) is 3.93. The van der Waals surface area contributed by atoms with Crippen molar-refractivity contribution in [3.63, 3.8) is 0 Å². The highest BCUT2D eigenvalue weighted by atomic mass is 16.5. The second-order valence-corrected chi connectivity index (χ2v) is 7.58. The Morgan fingerprint density at radius 3 is 2.07 bits per heavy atom. The first-order valence-corrected chi connectivity index (χ1v) is 10.2. The van der Waals surface area contributed by atoms with Crippen LogP contribution in [0.1, 0.15) is 17.0 Å². The first kappa shape index (κ1) is 18.4. The first-order chi connectivity index (χ1) is 14.8. The van der Waals surface area contributed by atoms with Gasteiger partial charge in [0.15, 0.2) is 0 Å². The molecule has 0 radical (unpaired) electrons. The van der Waals surface area contributed by atoms with Crippen molar-refractivity contribution in [1.29, 1.82) is 0 Å². The molecule has 4 heteroatoms. The van der Waals surface area contributed by atoms with E-state index in [2.05, 4.69) is 4.98 Å². The van der Waals surface area contributed by atoms with Gasteiger partial charge in [0, 0.05) is 11.5 Å². The van der Waals surface area contributed by atoms with Gasteiger partial charge < -0.3 is 9.64 Å². The molecule has 2 heterocycles. The number of rotatable bonds is 5. The molecule has 4 nitrogen and oxygen atoms in total. The number of benzene rings is 3. The van der Waals surface area contributed by atoms with E-state index in [1.807, 2.05) is 102 Å². The molecule has 1 aliphatic rings. The lowest BCUT2D eigenvalue weighted by molar-refractivity contribution is -0.140. The Bertz CT molecular complexity index is 1120. The molecular formula is C26H22N2O2. The summed E-state index contributed by atoms with van der Waals surface area (Å²) in [6, 6.07) is 31.8. The van der Waals surface area contributed by atoms with Crippen molar-refractivity contribution < 1.29 is 9.53 Å². The number of amides is 1. The molecule has 1 fully saturated rings. The summed E-state index contributed by atoms with van der Waals surface area (Å²) in [6.07, 6.45) is -0.0326. The molecule has 148 valence electrons. The third-order valence-electron chi connectivity index (χ3n) is 5.53. The van der Waals surface area contributed by atoms with Crippen molar-refractivity contribution in [1.82, 2.24) is 9.88 Å². The third-order valence-corrected chi connectivity index (χ3v) is 5.53. The van der Waals surface area contributed by atoms with E-state index in [0.717, 1.165) is 22.0 Å². The summed E-state index contributed by atoms with van der Waals surface area (Å²) in [7, 11) is 0. The zero-order valence-corrected chi connectivity index (χ0v) is 16.5. The largest absolute Gasteiger partial charge is 0.471 e. The maximum atomic E-state index is 13.4. The lowest BCUT2D eigenvalue weighted by Gasteiger charge is -2.40. The van der Waals surface area contributed by atoms with Crippen LogP contribution in [0.4, 0.5) is 0 Å². The van der Waals surface area contributed by atoms with Gasteiger partial charge in [0.1, 0.15) is 6.10 Å². The molecule has 0 saturated carbocycles. The second kappa shape index (κ2) is 7.99. The van der Waals surface area contributed by atoms with Crippen molar-refractivity contribution >= 4 is 16.8 Å². The van der Waals surface area contributed by atoms with Crippen LogP contribution in [0.15, 0.2) is 97.1 Å². The van der Waals surface area contributed by atoms with Crippen LogP contribution in [-0.4, -0.2) is 35.0 Å². The SMILES string of the molecule is O=C(C(c1ccccc1)c1ccccc1)N1CC(Oc2ccc3ccccc3n2)C1. The highest BCUT2D eigenvalue weighted by Crippen LogP contribution is 2.29. The average Bonchev–Trinajstić information content (AvgIpc) is 2.77. The summed E-state index contributed by atoms with van der Waals surface area (Å²) in [5.74, 6) is 0.416. The Balaban J connectivity index is 1.29. The van der Waals surface area contributed by atoms with Gasteiger partial charge in [-0.2, -0.15) is 0 Å². The highest BCUT2D eigenvalue weighted by molar-refractivity contribution is 5.88. The predicted octanol–water partition coefficient (Wildman–Crippen LogP) is 4.66. The quantitative estimate of drug-likeness (QED) is 0.495. The molecule has 0 N–H and O–H groups in total. The molecule has 1 amide bonds. The van der Waals surface area contributed by atoms with Crippen LogP contribution < -0.4 is 4.74 Å². The molecule has 4 aromatic rings. The summed E-state index contributed by atoms with van der Waals surface area (Å²) in [5.41, 5.74) is 2.93. The van der Waals surface area contributed by atoms with Crippen molar-refractivity contribution in [2.24, 2.45) is 0 Å². The van der Waals surface area contributed by atoms with Crippen LogP contribution in [0.2, 0.25) is 0 Å². The summed E-state index contributed by atoms with van der Waals surface area (Å²) in [6.45, 7) is 1.15. The van der Waals surface area contributed by atoms with Crippen molar-refractivity contribution in [2.75, 3.05) is 13.1 Å². The fraction of sp³-hybridized carbons (Fsp3) is 0.154. The van der Waals surface area contributed by atoms with Crippen molar-refractivity contribution in [2.45, 2.75) is 12.0 Å². The fourth-order valence-electron chi connectivity index (χ4n) is 3.93. The van der Waals surface area contributed by atoms with Gasteiger partial charge in [0.25, 0.3) is 0 Å². The Labute approximate surface area is 175 Å². The van der Waals surface area contributed by atoms with Gasteiger partial charge >= 0.3 is 0 Å². The number of aromatic nitrogens is 1. The maximum absolute atomic E-state index is 13.4. The predicted molar refractivity (Wildman–Crippen MR) is 117 cm³/mol. The number of carbonyl (C=O) groups is 1. The summed E-state index contributed by atoms with van der Waals surface area (Å²) in [5, 5.41) is 1.09. The number of hydrogen-bond acceptors (Lipinski definition) is 3. The van der Waals surface area contributed by atoms with Crippen LogP contribution in [-0.2, 0) is 4.79 Å². The summed E-state index contributed by atoms with van der Waals surface area (Å²) < 4.78 is 6.02. The molecule has 0 unspecified atom stereocenters. The topological polar surface area (TPSA) is 42.4 Å². The molecule has 0 aliphatic carbocycles. The van der Waals surface area contributed by atoms with E-state index in [1.165, 1.54) is 0 Å². The van der Waals surface area contributed by atoms with Crippen LogP contribution in [0, 0.1) is 0 Å². The smallest absolute Gasteiger partial charge is 0.234 e. The number of fused-ring (bicyclic) bond motifs is 1. The molecule has 1 aliphatic heterocycles. The van der Waals surface area contributed by atoms with Crippen molar-refractivity contribution in [3.05, 3.63) is 108 Å². The number of ether oxygens (including phenoxy) is 1. The molecule has 5 rings (SSSR count). The highest BCUT2D eigenvalue weighted by Gasteiger charge is 2.37. The van der Waals surface area contributed by atoms with Crippen LogP contribution in [0.3, 0.4) is 0 Å². The van der Waals surface area contributed by atoms with E-state index in [0.29, 0.717) is 19.0 Å². The molecule has 1 aromatic heterocycles. The zero-order chi connectivity index (χ0) is 20.3. The summed E-state index contributed by atoms with van der Waals surface area (Å²) >= 11 is 0. The van der Waals surface area contributed by atoms with Gasteiger partial charge in [-0.15, -0.1) is 0 Å². The number of nitrogens with zero attached hydrogens (tertiary/aromatic N) is 2. The van der Waals surface area contributed by atoms with Crippen LogP contribution in [0.5, 0.6) is 5.88 Å². The van der Waals surface area contributed by atoms with Gasteiger partial charge in [0.2, 0.25) is 11.8 Å². The van der Waals surface area contributed by atoms with Gasteiger partial charge in [-0.1, -0.05) is 78.9 Å². The lowest BCUT2D eigenvalue weighted by atomic mass is 9.89. The van der Waals surface area contributed by atoms with E-state index in [9.17, 15) is 4.79 Å². The normalized spacial score (nSPS) is 14.0. The third kappa shape index (κ3) is 3.64. The van der Waals surface area contributed by atoms with E-state index in [4.69, 9.17) is 4.74 Å². The van der Waals surface area contributed by atoms with Gasteiger partial charge in [-0.25, -0.2) is 4.98 Å². The number of pyridine rings is 1. The van der Waals surface area contributed by atoms with Gasteiger partial charge in [-0.05, 0) is 23.3 Å². The van der Waals surface area contributed by atoms with Gasteiger partial charge in [-0.3, -0.25) is 4.79 Å². The number of likely N-dealkylation sites (tertiary alicyclic amines) is 1. The minimum atomic E-state index is -0.299. The zero-order valence-electron chi connectivity index (χ0n) is 16.5. The number of carbonyl (C=O) groups excluding carboxylic acids is 1.